The van der Waals surface area contributed by atoms with Crippen molar-refractivity contribution in [2.24, 2.45) is 5.41 Å². The molecule has 1 aliphatic rings. The van der Waals surface area contributed by atoms with E-state index in [1.54, 1.807) is 0 Å². The predicted molar refractivity (Wildman–Crippen MR) is 66.5 cm³/mol. The van der Waals surface area contributed by atoms with E-state index in [4.69, 9.17) is 17.3 Å². The average Bonchev–Trinajstić information content (AvgIpc) is 2.91. The Kier molecular flexibility index (Phi) is 2.14. The fourth-order valence-electron chi connectivity index (χ4n) is 2.06. The van der Waals surface area contributed by atoms with Crippen LogP contribution in [0.3, 0.4) is 0 Å². The Morgan fingerprint density at radius 3 is 2.88 bits per heavy atom. The van der Waals surface area contributed by atoms with E-state index in [0.717, 1.165) is 12.1 Å². The Bertz CT molecular complexity index is 601. The van der Waals surface area contributed by atoms with Crippen LogP contribution in [-0.2, 0) is 6.54 Å². The summed E-state index contributed by atoms with van der Waals surface area (Å²) >= 11 is 5.73. The van der Waals surface area contributed by atoms with Gasteiger partial charge in [-0.1, -0.05) is 18.5 Å². The molecule has 0 spiro atoms. The first-order valence-electron chi connectivity index (χ1n) is 5.59. The van der Waals surface area contributed by atoms with Gasteiger partial charge in [-0.2, -0.15) is 0 Å². The van der Waals surface area contributed by atoms with Gasteiger partial charge in [-0.15, -0.1) is 0 Å². The first-order chi connectivity index (χ1) is 7.98. The number of halogens is 2. The van der Waals surface area contributed by atoms with Crippen LogP contribution in [0.15, 0.2) is 12.1 Å². The number of anilines is 1. The number of nitrogens with zero attached hydrogens (tertiary/aromatic N) is 2. The van der Waals surface area contributed by atoms with Gasteiger partial charge in [-0.25, -0.2) is 9.37 Å². The molecular weight excluding hydrogens is 241 g/mol. The van der Waals surface area contributed by atoms with Crippen LogP contribution < -0.4 is 5.73 Å². The zero-order chi connectivity index (χ0) is 12.2. The molecule has 3 nitrogen and oxygen atoms in total. The second kappa shape index (κ2) is 3.35. The molecule has 0 bridgehead atoms. The number of benzene rings is 1. The lowest BCUT2D eigenvalue weighted by molar-refractivity contribution is 0.476. The van der Waals surface area contributed by atoms with Crippen molar-refractivity contribution in [2.75, 3.05) is 5.73 Å². The van der Waals surface area contributed by atoms with Crippen LogP contribution in [0.1, 0.15) is 19.8 Å². The molecule has 5 heteroatoms. The molecule has 1 aromatic carbocycles. The van der Waals surface area contributed by atoms with Gasteiger partial charge in [0, 0.05) is 12.6 Å². The summed E-state index contributed by atoms with van der Waals surface area (Å²) in [7, 11) is 0. The number of aromatic nitrogens is 2. The van der Waals surface area contributed by atoms with Crippen molar-refractivity contribution >= 4 is 28.6 Å². The number of nitrogen functional groups attached to an aromatic ring is 1. The molecule has 0 radical (unpaired) electrons. The standard InChI is InChI=1S/C12H13ClFN3/c1-12(2-3-12)6-17-10-5-8(14)7(13)4-9(10)16-11(17)15/h4-5H,2-3,6H2,1H3,(H2,15,16). The normalized spacial score (nSPS) is 17.6. The van der Waals surface area contributed by atoms with Crippen LogP contribution >= 0.6 is 11.6 Å². The molecular formula is C12H13ClFN3. The van der Waals surface area contributed by atoms with Crippen molar-refractivity contribution in [3.05, 3.63) is 23.0 Å². The SMILES string of the molecule is CC1(Cn2c(N)nc3cc(Cl)c(F)cc32)CC1. The monoisotopic (exact) mass is 253 g/mol. The van der Waals surface area contributed by atoms with Crippen molar-refractivity contribution < 1.29 is 4.39 Å². The minimum absolute atomic E-state index is 0.0831. The van der Waals surface area contributed by atoms with E-state index in [0.29, 0.717) is 11.5 Å². The molecule has 1 aromatic heterocycles. The lowest BCUT2D eigenvalue weighted by atomic mass is 10.1. The lowest BCUT2D eigenvalue weighted by Gasteiger charge is -2.11. The zero-order valence-corrected chi connectivity index (χ0v) is 10.3. The summed E-state index contributed by atoms with van der Waals surface area (Å²) in [6, 6.07) is 2.93. The van der Waals surface area contributed by atoms with E-state index in [9.17, 15) is 4.39 Å². The van der Waals surface area contributed by atoms with Crippen LogP contribution in [0.25, 0.3) is 11.0 Å². The first kappa shape index (κ1) is 10.8. The molecule has 90 valence electrons. The highest BCUT2D eigenvalue weighted by Gasteiger charge is 2.38. The third kappa shape index (κ3) is 1.76. The maximum atomic E-state index is 13.5. The van der Waals surface area contributed by atoms with E-state index in [-0.39, 0.29) is 10.4 Å². The molecule has 1 fully saturated rings. The molecule has 2 aromatic rings. The maximum absolute atomic E-state index is 13.5. The highest BCUT2D eigenvalue weighted by molar-refractivity contribution is 6.31. The molecule has 1 aliphatic carbocycles. The number of hydrogen-bond donors (Lipinski definition) is 1. The van der Waals surface area contributed by atoms with Gasteiger partial charge < -0.3 is 10.3 Å². The van der Waals surface area contributed by atoms with E-state index in [2.05, 4.69) is 11.9 Å². The van der Waals surface area contributed by atoms with Gasteiger partial charge in [0.1, 0.15) is 5.82 Å². The van der Waals surface area contributed by atoms with Crippen LogP contribution in [0, 0.1) is 11.2 Å². The minimum Gasteiger partial charge on any atom is -0.369 e. The Hall–Kier alpha value is -1.29. The molecule has 17 heavy (non-hydrogen) atoms. The van der Waals surface area contributed by atoms with E-state index < -0.39 is 5.82 Å². The second-order valence-corrected chi connectivity index (χ2v) is 5.53. The fourth-order valence-corrected chi connectivity index (χ4v) is 2.22. The van der Waals surface area contributed by atoms with Crippen molar-refractivity contribution in [2.45, 2.75) is 26.3 Å². The Morgan fingerprint density at radius 1 is 1.53 bits per heavy atom. The third-order valence-electron chi connectivity index (χ3n) is 3.46. The van der Waals surface area contributed by atoms with Gasteiger partial charge >= 0.3 is 0 Å². The molecule has 0 amide bonds. The Labute approximate surface area is 103 Å². The molecule has 0 saturated heterocycles. The molecule has 2 N–H and O–H groups in total. The van der Waals surface area contributed by atoms with E-state index in [1.807, 2.05) is 4.57 Å². The summed E-state index contributed by atoms with van der Waals surface area (Å²) in [6.45, 7) is 2.99. The van der Waals surface area contributed by atoms with Crippen LogP contribution in [-0.4, -0.2) is 9.55 Å². The van der Waals surface area contributed by atoms with Crippen LogP contribution in [0.4, 0.5) is 10.3 Å². The Balaban J connectivity index is 2.16. The molecule has 1 saturated carbocycles. The molecule has 0 unspecified atom stereocenters. The predicted octanol–water partition coefficient (Wildman–Crippen LogP) is 3.21. The van der Waals surface area contributed by atoms with Gasteiger partial charge in [-0.05, 0) is 24.3 Å². The average molecular weight is 254 g/mol. The minimum atomic E-state index is -0.429. The largest absolute Gasteiger partial charge is 0.369 e. The highest BCUT2D eigenvalue weighted by Crippen LogP contribution is 2.47. The van der Waals surface area contributed by atoms with Gasteiger partial charge in [0.05, 0.1) is 16.1 Å². The number of imidazole rings is 1. The summed E-state index contributed by atoms with van der Waals surface area (Å²) in [5.41, 5.74) is 7.54. The molecule has 0 atom stereocenters. The summed E-state index contributed by atoms with van der Waals surface area (Å²) in [5.74, 6) is -0.00365. The van der Waals surface area contributed by atoms with Crippen LogP contribution in [0.5, 0.6) is 0 Å². The number of nitrogens with two attached hydrogens (primary N) is 1. The van der Waals surface area contributed by atoms with Crippen molar-refractivity contribution in [3.8, 4) is 0 Å². The number of hydrogen-bond acceptors (Lipinski definition) is 2. The summed E-state index contributed by atoms with van der Waals surface area (Å²) in [5, 5.41) is 0.0831. The van der Waals surface area contributed by atoms with Gasteiger partial charge in [0.15, 0.2) is 0 Å². The van der Waals surface area contributed by atoms with Gasteiger partial charge in [-0.3, -0.25) is 0 Å². The lowest BCUT2D eigenvalue weighted by Crippen LogP contribution is -2.10. The first-order valence-corrected chi connectivity index (χ1v) is 5.97. The molecule has 3 rings (SSSR count). The Morgan fingerprint density at radius 2 is 2.24 bits per heavy atom. The van der Waals surface area contributed by atoms with Crippen molar-refractivity contribution in [3.63, 3.8) is 0 Å². The second-order valence-electron chi connectivity index (χ2n) is 5.12. The number of fused-ring (bicyclic) bond motifs is 1. The zero-order valence-electron chi connectivity index (χ0n) is 9.50. The summed E-state index contributed by atoms with van der Waals surface area (Å²) < 4.78 is 15.3. The van der Waals surface area contributed by atoms with Gasteiger partial charge in [0.25, 0.3) is 0 Å². The smallest absolute Gasteiger partial charge is 0.201 e. The molecule has 1 heterocycles. The highest BCUT2D eigenvalue weighted by atomic mass is 35.5. The quantitative estimate of drug-likeness (QED) is 0.893. The fraction of sp³-hybridized carbons (Fsp3) is 0.417. The van der Waals surface area contributed by atoms with E-state index in [1.165, 1.54) is 25.0 Å². The maximum Gasteiger partial charge on any atom is 0.201 e. The topological polar surface area (TPSA) is 43.8 Å². The van der Waals surface area contributed by atoms with Crippen LogP contribution in [0.2, 0.25) is 5.02 Å². The molecule has 0 aliphatic heterocycles. The van der Waals surface area contributed by atoms with Gasteiger partial charge in [0.2, 0.25) is 5.95 Å². The van der Waals surface area contributed by atoms with E-state index >= 15 is 0 Å². The van der Waals surface area contributed by atoms with Crippen molar-refractivity contribution in [1.29, 1.82) is 0 Å². The summed E-state index contributed by atoms with van der Waals surface area (Å²) in [6.07, 6.45) is 2.37. The number of rotatable bonds is 2. The van der Waals surface area contributed by atoms with Crippen molar-refractivity contribution in [1.82, 2.24) is 9.55 Å². The third-order valence-corrected chi connectivity index (χ3v) is 3.75. The summed E-state index contributed by atoms with van der Waals surface area (Å²) in [4.78, 5) is 4.22.